The van der Waals surface area contributed by atoms with Crippen LogP contribution in [0.15, 0.2) is 18.2 Å². The molecular weight excluding hydrogens is 272 g/mol. The van der Waals surface area contributed by atoms with Crippen LogP contribution in [0, 0.1) is 12.8 Å². The zero-order chi connectivity index (χ0) is 16.0. The van der Waals surface area contributed by atoms with E-state index in [1.54, 1.807) is 25.3 Å². The minimum absolute atomic E-state index is 0.176. The monoisotopic (exact) mass is 294 g/mol. The van der Waals surface area contributed by atoms with E-state index in [9.17, 15) is 9.59 Å². The highest BCUT2D eigenvalue weighted by Crippen LogP contribution is 2.21. The normalized spacial score (nSPS) is 11.9. The summed E-state index contributed by atoms with van der Waals surface area (Å²) in [5.41, 5.74) is 1.46. The van der Waals surface area contributed by atoms with E-state index in [-0.39, 0.29) is 5.92 Å². The summed E-state index contributed by atoms with van der Waals surface area (Å²) >= 11 is 0. The van der Waals surface area contributed by atoms with Gasteiger partial charge in [0, 0.05) is 5.69 Å². The molecule has 0 aliphatic heterocycles. The number of hydrogen-bond donors (Lipinski definition) is 3. The minimum Gasteiger partial charge on any atom is -0.496 e. The molecular formula is C15H22N2O4. The number of carboxylic acid groups (broad SMARTS) is 1. The van der Waals surface area contributed by atoms with Gasteiger partial charge in [-0.05, 0) is 43.0 Å². The number of nitrogens with one attached hydrogen (secondary N) is 2. The van der Waals surface area contributed by atoms with Crippen molar-refractivity contribution in [3.63, 3.8) is 0 Å². The Bertz CT molecular complexity index is 514. The van der Waals surface area contributed by atoms with Crippen LogP contribution >= 0.6 is 0 Å². The van der Waals surface area contributed by atoms with Gasteiger partial charge in [-0.3, -0.25) is 0 Å². The number of carboxylic acids is 1. The number of urea groups is 1. The Labute approximate surface area is 124 Å². The van der Waals surface area contributed by atoms with Crippen molar-refractivity contribution < 1.29 is 19.4 Å². The van der Waals surface area contributed by atoms with E-state index in [4.69, 9.17) is 9.84 Å². The van der Waals surface area contributed by atoms with E-state index < -0.39 is 18.0 Å². The second-order valence-corrected chi connectivity index (χ2v) is 5.30. The molecule has 1 aromatic carbocycles. The number of amides is 2. The number of aliphatic carboxylic acids is 1. The first-order valence-electron chi connectivity index (χ1n) is 6.78. The lowest BCUT2D eigenvalue weighted by Crippen LogP contribution is -2.43. The van der Waals surface area contributed by atoms with Crippen molar-refractivity contribution in [3.05, 3.63) is 23.8 Å². The smallest absolute Gasteiger partial charge is 0.326 e. The van der Waals surface area contributed by atoms with Crippen LogP contribution in [-0.2, 0) is 4.79 Å². The average molecular weight is 294 g/mol. The standard InChI is InChI=1S/C15H22N2O4/c1-9(2)7-12(14(18)19)17-15(20)16-11-5-6-13(21-4)10(3)8-11/h5-6,8-9,12H,7H2,1-4H3,(H,18,19)(H2,16,17,20)/t12-/m0/s1. The van der Waals surface area contributed by atoms with Crippen molar-refractivity contribution >= 4 is 17.7 Å². The molecule has 0 aliphatic carbocycles. The molecule has 0 bridgehead atoms. The van der Waals surface area contributed by atoms with Gasteiger partial charge < -0.3 is 20.5 Å². The number of anilines is 1. The molecule has 1 aromatic rings. The first-order valence-corrected chi connectivity index (χ1v) is 6.78. The van der Waals surface area contributed by atoms with Gasteiger partial charge in [0.25, 0.3) is 0 Å². The molecule has 116 valence electrons. The molecule has 0 saturated heterocycles. The van der Waals surface area contributed by atoms with Gasteiger partial charge in [0.1, 0.15) is 11.8 Å². The fraction of sp³-hybridized carbons (Fsp3) is 0.467. The van der Waals surface area contributed by atoms with E-state index in [2.05, 4.69) is 10.6 Å². The highest BCUT2D eigenvalue weighted by atomic mass is 16.5. The second-order valence-electron chi connectivity index (χ2n) is 5.30. The number of methoxy groups -OCH3 is 1. The third kappa shape index (κ3) is 5.33. The van der Waals surface area contributed by atoms with E-state index in [0.29, 0.717) is 12.1 Å². The highest BCUT2D eigenvalue weighted by molar-refractivity contribution is 5.92. The Morgan fingerprint density at radius 2 is 2.00 bits per heavy atom. The number of benzene rings is 1. The van der Waals surface area contributed by atoms with E-state index >= 15 is 0 Å². The summed E-state index contributed by atoms with van der Waals surface area (Å²) in [6, 6.07) is 3.77. The third-order valence-electron chi connectivity index (χ3n) is 2.96. The molecule has 0 saturated carbocycles. The number of hydrogen-bond acceptors (Lipinski definition) is 3. The van der Waals surface area contributed by atoms with Crippen molar-refractivity contribution in [2.75, 3.05) is 12.4 Å². The quantitative estimate of drug-likeness (QED) is 0.752. The van der Waals surface area contributed by atoms with Gasteiger partial charge in [-0.1, -0.05) is 13.8 Å². The molecule has 0 aliphatic rings. The molecule has 0 aromatic heterocycles. The summed E-state index contributed by atoms with van der Waals surface area (Å²) in [4.78, 5) is 23.0. The Kier molecular flexibility index (Phi) is 6.02. The maximum Gasteiger partial charge on any atom is 0.326 e. The van der Waals surface area contributed by atoms with Crippen LogP contribution < -0.4 is 15.4 Å². The van der Waals surface area contributed by atoms with Crippen LogP contribution in [0.2, 0.25) is 0 Å². The first-order chi connectivity index (χ1) is 9.83. The molecule has 3 N–H and O–H groups in total. The van der Waals surface area contributed by atoms with Crippen molar-refractivity contribution in [2.24, 2.45) is 5.92 Å². The van der Waals surface area contributed by atoms with Crippen LogP contribution in [-0.4, -0.2) is 30.3 Å². The average Bonchev–Trinajstić information content (AvgIpc) is 2.37. The summed E-state index contributed by atoms with van der Waals surface area (Å²) < 4.78 is 5.14. The Balaban J connectivity index is 2.67. The van der Waals surface area contributed by atoms with Gasteiger partial charge >= 0.3 is 12.0 Å². The van der Waals surface area contributed by atoms with Crippen molar-refractivity contribution in [1.29, 1.82) is 0 Å². The molecule has 0 radical (unpaired) electrons. The van der Waals surface area contributed by atoms with E-state index in [0.717, 1.165) is 11.3 Å². The minimum atomic E-state index is -1.04. The predicted molar refractivity (Wildman–Crippen MR) is 80.8 cm³/mol. The number of carbonyl (C=O) groups excluding carboxylic acids is 1. The van der Waals surface area contributed by atoms with Crippen molar-refractivity contribution in [1.82, 2.24) is 5.32 Å². The second kappa shape index (κ2) is 7.52. The Morgan fingerprint density at radius 3 is 2.48 bits per heavy atom. The molecule has 1 atom stereocenters. The van der Waals surface area contributed by atoms with Gasteiger partial charge in [-0.2, -0.15) is 0 Å². The lowest BCUT2D eigenvalue weighted by Gasteiger charge is -2.17. The van der Waals surface area contributed by atoms with Crippen LogP contribution in [0.1, 0.15) is 25.8 Å². The lowest BCUT2D eigenvalue weighted by molar-refractivity contribution is -0.139. The molecule has 2 amide bonds. The van der Waals surface area contributed by atoms with Crippen LogP contribution in [0.5, 0.6) is 5.75 Å². The summed E-state index contributed by atoms with van der Waals surface area (Å²) in [7, 11) is 1.57. The number of ether oxygens (including phenoxy) is 1. The fourth-order valence-electron chi connectivity index (χ4n) is 1.97. The SMILES string of the molecule is COc1ccc(NC(=O)N[C@@H](CC(C)C)C(=O)O)cc1C. The van der Waals surface area contributed by atoms with Gasteiger partial charge in [0.15, 0.2) is 0 Å². The van der Waals surface area contributed by atoms with Gasteiger partial charge in [-0.25, -0.2) is 9.59 Å². The zero-order valence-corrected chi connectivity index (χ0v) is 12.8. The molecule has 0 fully saturated rings. The first kappa shape index (κ1) is 16.8. The summed E-state index contributed by atoms with van der Waals surface area (Å²) in [6.45, 7) is 5.67. The van der Waals surface area contributed by atoms with Crippen LogP contribution in [0.25, 0.3) is 0 Å². The third-order valence-corrected chi connectivity index (χ3v) is 2.96. The molecule has 0 unspecified atom stereocenters. The van der Waals surface area contributed by atoms with E-state index in [1.807, 2.05) is 20.8 Å². The molecule has 0 heterocycles. The zero-order valence-electron chi connectivity index (χ0n) is 12.8. The van der Waals surface area contributed by atoms with Gasteiger partial charge in [-0.15, -0.1) is 0 Å². The van der Waals surface area contributed by atoms with Crippen molar-refractivity contribution in [3.8, 4) is 5.75 Å². The van der Waals surface area contributed by atoms with Gasteiger partial charge in [0.2, 0.25) is 0 Å². The highest BCUT2D eigenvalue weighted by Gasteiger charge is 2.21. The molecule has 6 nitrogen and oxygen atoms in total. The number of aryl methyl sites for hydroxylation is 1. The van der Waals surface area contributed by atoms with E-state index in [1.165, 1.54) is 0 Å². The molecule has 0 spiro atoms. The molecule has 1 rings (SSSR count). The van der Waals surface area contributed by atoms with Crippen LogP contribution in [0.3, 0.4) is 0 Å². The maximum atomic E-state index is 11.9. The number of rotatable bonds is 6. The summed E-state index contributed by atoms with van der Waals surface area (Å²) in [5.74, 6) is -0.136. The summed E-state index contributed by atoms with van der Waals surface area (Å²) in [6.07, 6.45) is 0.379. The van der Waals surface area contributed by atoms with Crippen molar-refractivity contribution in [2.45, 2.75) is 33.2 Å². The molecule has 21 heavy (non-hydrogen) atoms. The lowest BCUT2D eigenvalue weighted by atomic mass is 10.0. The van der Waals surface area contributed by atoms with Crippen LogP contribution in [0.4, 0.5) is 10.5 Å². The molecule has 6 heteroatoms. The number of carbonyl (C=O) groups is 2. The Hall–Kier alpha value is -2.24. The predicted octanol–water partition coefficient (Wildman–Crippen LogP) is 2.62. The van der Waals surface area contributed by atoms with Gasteiger partial charge in [0.05, 0.1) is 7.11 Å². The summed E-state index contributed by atoms with van der Waals surface area (Å²) in [5, 5.41) is 14.2. The maximum absolute atomic E-state index is 11.9. The largest absolute Gasteiger partial charge is 0.496 e. The topological polar surface area (TPSA) is 87.7 Å². The Morgan fingerprint density at radius 1 is 1.33 bits per heavy atom. The fourth-order valence-corrected chi connectivity index (χ4v) is 1.97.